The van der Waals surface area contributed by atoms with E-state index in [0.29, 0.717) is 30.0 Å². The van der Waals surface area contributed by atoms with Crippen LogP contribution in [0.15, 0.2) is 23.5 Å². The van der Waals surface area contributed by atoms with E-state index in [-0.39, 0.29) is 35.8 Å². The lowest BCUT2D eigenvalue weighted by Gasteiger charge is -2.40. The van der Waals surface area contributed by atoms with Gasteiger partial charge in [-0.3, -0.25) is 19.6 Å². The number of nitrogens with one attached hydrogen (secondary N) is 1. The van der Waals surface area contributed by atoms with Crippen molar-refractivity contribution in [2.24, 2.45) is 33.7 Å². The minimum absolute atomic E-state index is 0.0309. The number of hydrogen-bond donors (Lipinski definition) is 3. The summed E-state index contributed by atoms with van der Waals surface area (Å²) in [4.78, 5) is 39.9. The molecule has 1 aromatic rings. The third-order valence-electron chi connectivity index (χ3n) is 10.1. The molecular weight excluding hydrogens is 549 g/mol. The average molecular weight is 600 g/mol. The number of likely N-dealkylation sites (N-methyl/N-ethyl adjacent to an activating group) is 1. The number of nitrogens with zero attached hydrogens (tertiary/aromatic N) is 4. The molecule has 2 saturated carbocycles. The lowest BCUT2D eigenvalue weighted by Crippen LogP contribution is -2.50. The van der Waals surface area contributed by atoms with E-state index < -0.39 is 18.3 Å². The highest BCUT2D eigenvalue weighted by atomic mass is 19.1. The Labute approximate surface area is 255 Å². The number of piperazine rings is 1. The summed E-state index contributed by atoms with van der Waals surface area (Å²) in [6.45, 7) is 3.45. The van der Waals surface area contributed by atoms with Crippen LogP contribution in [0.2, 0.25) is 0 Å². The summed E-state index contributed by atoms with van der Waals surface area (Å²) in [6.07, 6.45) is 11.6. The number of nitrogens with two attached hydrogens (primary N) is 2. The number of carbonyl (C=O) groups excluding carboxylic acids is 2. The largest absolute Gasteiger partial charge is 0.488 e. The molecule has 2 unspecified atom stereocenters. The Morgan fingerprint density at radius 3 is 2.47 bits per heavy atom. The Hall–Kier alpha value is -2.63. The van der Waals surface area contributed by atoms with E-state index in [9.17, 15) is 14.0 Å². The van der Waals surface area contributed by atoms with Gasteiger partial charge in [-0.15, -0.1) is 0 Å². The van der Waals surface area contributed by atoms with Crippen LogP contribution < -0.4 is 21.5 Å². The van der Waals surface area contributed by atoms with Gasteiger partial charge in [-0.1, -0.05) is 19.3 Å². The van der Waals surface area contributed by atoms with E-state index in [1.54, 1.807) is 18.5 Å². The molecule has 3 fully saturated rings. The first-order valence-electron chi connectivity index (χ1n) is 16.3. The smallest absolute Gasteiger partial charge is 0.236 e. The summed E-state index contributed by atoms with van der Waals surface area (Å²) in [5.41, 5.74) is 13.4. The molecule has 2 aliphatic heterocycles. The Morgan fingerprint density at radius 2 is 1.77 bits per heavy atom. The van der Waals surface area contributed by atoms with Crippen LogP contribution in [0.3, 0.4) is 0 Å². The van der Waals surface area contributed by atoms with Gasteiger partial charge in [-0.2, -0.15) is 0 Å². The van der Waals surface area contributed by atoms with E-state index in [2.05, 4.69) is 27.2 Å². The maximum atomic E-state index is 14.7. The molecule has 0 bridgehead atoms. The number of carbonyl (C=O) groups is 2. The highest BCUT2D eigenvalue weighted by Gasteiger charge is 2.40. The maximum absolute atomic E-state index is 14.7. The van der Waals surface area contributed by atoms with Gasteiger partial charge in [-0.05, 0) is 70.3 Å². The molecule has 11 heteroatoms. The fraction of sp³-hybridized carbons (Fsp3) is 0.750. The number of aliphatic imine (C=N–C) groups is 1. The van der Waals surface area contributed by atoms with Crippen LogP contribution in [0, 0.1) is 17.3 Å². The minimum atomic E-state index is -1.03. The maximum Gasteiger partial charge on any atom is 0.236 e. The second-order valence-corrected chi connectivity index (χ2v) is 13.3. The molecule has 2 atom stereocenters. The van der Waals surface area contributed by atoms with Gasteiger partial charge < -0.3 is 31.3 Å². The summed E-state index contributed by atoms with van der Waals surface area (Å²) < 4.78 is 21.1. The number of anilines is 1. The molecule has 1 aromatic heterocycles. The van der Waals surface area contributed by atoms with Crippen molar-refractivity contribution in [3.05, 3.63) is 18.5 Å². The number of halogens is 1. The monoisotopic (exact) mass is 599 g/mol. The first-order chi connectivity index (χ1) is 20.7. The number of pyridine rings is 1. The molecule has 3 heterocycles. The van der Waals surface area contributed by atoms with E-state index in [4.69, 9.17) is 16.2 Å². The molecule has 238 valence electrons. The Morgan fingerprint density at radius 1 is 1.05 bits per heavy atom. The fourth-order valence-corrected chi connectivity index (χ4v) is 7.47. The molecule has 0 aromatic carbocycles. The third kappa shape index (κ3) is 8.10. The van der Waals surface area contributed by atoms with Gasteiger partial charge in [0, 0.05) is 50.1 Å². The highest BCUT2D eigenvalue weighted by molar-refractivity contribution is 6.10. The van der Waals surface area contributed by atoms with Crippen molar-refractivity contribution in [3.8, 4) is 5.75 Å². The third-order valence-corrected chi connectivity index (χ3v) is 10.1. The zero-order valence-corrected chi connectivity index (χ0v) is 25.7. The molecule has 2 amide bonds. The van der Waals surface area contributed by atoms with Crippen LogP contribution in [0.1, 0.15) is 77.0 Å². The van der Waals surface area contributed by atoms with Gasteiger partial charge in [0.25, 0.3) is 0 Å². The van der Waals surface area contributed by atoms with Crippen molar-refractivity contribution in [1.82, 2.24) is 14.8 Å². The number of aromatic nitrogens is 1. The fourth-order valence-electron chi connectivity index (χ4n) is 7.47. The lowest BCUT2D eigenvalue weighted by molar-refractivity contribution is -0.138. The molecule has 10 nitrogen and oxygen atoms in total. The van der Waals surface area contributed by atoms with Crippen molar-refractivity contribution in [3.63, 3.8) is 0 Å². The standard InChI is InChI=1S/C32H50FN7O3/c1-39-15-17-40(18-16-39)31(42)22-5-7-24(8-6-22)43-27-10-14-36-21-26(27)38-30(41)28(29(34)35)25-19-32(11-3-2-4-12-32)13-9-23(33)20-37-25/h10,14,21-24,28-29H,2-9,11-13,15-20,34-35H2,1H3,(H,38,41). The lowest BCUT2D eigenvalue weighted by atomic mass is 9.66. The number of amides is 2. The molecular formula is C32H50FN7O3. The van der Waals surface area contributed by atoms with Crippen molar-refractivity contribution in [2.75, 3.05) is 45.1 Å². The van der Waals surface area contributed by atoms with Gasteiger partial charge in [0.05, 0.1) is 25.0 Å². The Balaban J connectivity index is 1.23. The zero-order chi connectivity index (χ0) is 30.4. The summed E-state index contributed by atoms with van der Waals surface area (Å²) in [7, 11) is 2.09. The van der Waals surface area contributed by atoms with E-state index >= 15 is 0 Å². The first-order valence-corrected chi connectivity index (χ1v) is 16.3. The molecule has 2 aliphatic carbocycles. The van der Waals surface area contributed by atoms with Crippen LogP contribution in [0.5, 0.6) is 5.75 Å². The van der Waals surface area contributed by atoms with Gasteiger partial charge >= 0.3 is 0 Å². The second-order valence-electron chi connectivity index (χ2n) is 13.3. The minimum Gasteiger partial charge on any atom is -0.488 e. The first kappa shape index (κ1) is 31.8. The van der Waals surface area contributed by atoms with Crippen LogP contribution in [-0.2, 0) is 9.59 Å². The predicted molar refractivity (Wildman–Crippen MR) is 166 cm³/mol. The molecule has 43 heavy (non-hydrogen) atoms. The van der Waals surface area contributed by atoms with Crippen LogP contribution >= 0.6 is 0 Å². The summed E-state index contributed by atoms with van der Waals surface area (Å²) in [5.74, 6) is -0.441. The van der Waals surface area contributed by atoms with Crippen molar-refractivity contribution in [2.45, 2.75) is 95.5 Å². The van der Waals surface area contributed by atoms with Crippen LogP contribution in [-0.4, -0.2) is 90.5 Å². The zero-order valence-electron chi connectivity index (χ0n) is 25.7. The summed E-state index contributed by atoms with van der Waals surface area (Å²) >= 11 is 0. The van der Waals surface area contributed by atoms with Gasteiger partial charge in [-0.25, -0.2) is 4.39 Å². The predicted octanol–water partition coefficient (Wildman–Crippen LogP) is 3.50. The second kappa shape index (κ2) is 14.4. The van der Waals surface area contributed by atoms with Crippen molar-refractivity contribution >= 4 is 23.2 Å². The highest BCUT2D eigenvalue weighted by Crippen LogP contribution is 2.45. The van der Waals surface area contributed by atoms with Gasteiger partial charge in [0.2, 0.25) is 11.8 Å². The number of hydrogen-bond acceptors (Lipinski definition) is 8. The van der Waals surface area contributed by atoms with Crippen LogP contribution in [0.25, 0.3) is 0 Å². The quantitative estimate of drug-likeness (QED) is 0.408. The molecule has 1 saturated heterocycles. The van der Waals surface area contributed by atoms with Crippen molar-refractivity contribution in [1.29, 1.82) is 0 Å². The SMILES string of the molecule is CN1CCN(C(=O)C2CCC(Oc3ccncc3NC(=O)C(C3=NCC(F)CCC4(CCCCC4)C3)C(N)N)CC2)CC1. The van der Waals surface area contributed by atoms with Crippen molar-refractivity contribution < 1.29 is 18.7 Å². The normalized spacial score (nSPS) is 27.6. The van der Waals surface area contributed by atoms with E-state index in [0.717, 1.165) is 84.0 Å². The topological polar surface area (TPSA) is 139 Å². The Kier molecular flexibility index (Phi) is 10.7. The van der Waals surface area contributed by atoms with Gasteiger partial charge in [0.15, 0.2) is 0 Å². The van der Waals surface area contributed by atoms with E-state index in [1.165, 1.54) is 6.42 Å². The molecule has 0 radical (unpaired) electrons. The van der Waals surface area contributed by atoms with E-state index in [1.807, 2.05) is 4.90 Å². The van der Waals surface area contributed by atoms with Gasteiger partial charge in [0.1, 0.15) is 23.5 Å². The average Bonchev–Trinajstić information content (AvgIpc) is 3.00. The number of ether oxygens (including phenoxy) is 1. The summed E-state index contributed by atoms with van der Waals surface area (Å²) in [5, 5.41) is 2.97. The molecule has 5 N–H and O–H groups in total. The summed E-state index contributed by atoms with van der Waals surface area (Å²) in [6, 6.07) is 1.74. The number of alkyl halides is 1. The molecule has 1 spiro atoms. The number of rotatable bonds is 7. The van der Waals surface area contributed by atoms with Crippen LogP contribution in [0.4, 0.5) is 10.1 Å². The molecule has 4 aliphatic rings. The molecule has 5 rings (SSSR count). The Bertz CT molecular complexity index is 1130.